The van der Waals surface area contributed by atoms with E-state index in [-0.39, 0.29) is 11.9 Å². The van der Waals surface area contributed by atoms with Crippen LogP contribution in [0.3, 0.4) is 0 Å². The Hall–Kier alpha value is -1.09. The normalized spacial score (nSPS) is 29.9. The number of methoxy groups -OCH3 is 1. The number of benzene rings is 1. The lowest BCUT2D eigenvalue weighted by atomic mass is 9.96. The lowest BCUT2D eigenvalue weighted by Crippen LogP contribution is -2.25. The van der Waals surface area contributed by atoms with Gasteiger partial charge >= 0.3 is 0 Å². The second-order valence-corrected chi connectivity index (χ2v) is 5.76. The van der Waals surface area contributed by atoms with Crippen molar-refractivity contribution >= 4 is 0 Å². The van der Waals surface area contributed by atoms with Gasteiger partial charge in [-0.2, -0.15) is 0 Å². The van der Waals surface area contributed by atoms with Crippen molar-refractivity contribution in [2.24, 2.45) is 17.8 Å². The van der Waals surface area contributed by atoms with Crippen LogP contribution in [0.5, 0.6) is 5.75 Å². The van der Waals surface area contributed by atoms with Crippen LogP contribution in [0, 0.1) is 23.6 Å². The van der Waals surface area contributed by atoms with Gasteiger partial charge in [0.05, 0.1) is 7.11 Å². The minimum atomic E-state index is -0.176. The average Bonchev–Trinajstić information content (AvgIpc) is 2.87. The zero-order valence-electron chi connectivity index (χ0n) is 11.7. The molecule has 1 aromatic carbocycles. The molecule has 0 heterocycles. The van der Waals surface area contributed by atoms with E-state index in [0.29, 0.717) is 5.92 Å². The first-order valence-corrected chi connectivity index (χ1v) is 7.33. The Labute approximate surface area is 114 Å². The monoisotopic (exact) mass is 263 g/mol. The molecule has 1 N–H and O–H groups in total. The highest BCUT2D eigenvalue weighted by Crippen LogP contribution is 2.62. The van der Waals surface area contributed by atoms with Crippen molar-refractivity contribution in [2.45, 2.75) is 32.2 Å². The number of fused-ring (bicyclic) bond motifs is 1. The van der Waals surface area contributed by atoms with Crippen LogP contribution in [0.2, 0.25) is 0 Å². The Morgan fingerprint density at radius 3 is 2.74 bits per heavy atom. The third-order valence-corrected chi connectivity index (χ3v) is 4.81. The van der Waals surface area contributed by atoms with Gasteiger partial charge in [-0.05, 0) is 55.3 Å². The van der Waals surface area contributed by atoms with Crippen LogP contribution in [-0.2, 0) is 0 Å². The van der Waals surface area contributed by atoms with Crippen LogP contribution >= 0.6 is 0 Å². The van der Waals surface area contributed by atoms with Gasteiger partial charge in [-0.25, -0.2) is 4.39 Å². The Morgan fingerprint density at radius 1 is 1.37 bits per heavy atom. The second-order valence-electron chi connectivity index (χ2n) is 5.76. The maximum atomic E-state index is 13.6. The predicted molar refractivity (Wildman–Crippen MR) is 73.7 cm³/mol. The molecule has 3 unspecified atom stereocenters. The molecule has 2 aliphatic carbocycles. The lowest BCUT2D eigenvalue weighted by molar-refractivity contribution is 0.376. The second kappa shape index (κ2) is 5.12. The molecule has 0 bridgehead atoms. The van der Waals surface area contributed by atoms with E-state index >= 15 is 0 Å². The maximum absolute atomic E-state index is 13.6. The number of nitrogens with one attached hydrogen (secondary N) is 1. The summed E-state index contributed by atoms with van der Waals surface area (Å²) < 4.78 is 19.0. The van der Waals surface area contributed by atoms with Gasteiger partial charge in [0.25, 0.3) is 0 Å². The minimum absolute atomic E-state index is 0.176. The van der Waals surface area contributed by atoms with Crippen molar-refractivity contribution in [3.8, 4) is 5.75 Å². The molecular formula is C16H22FNO. The van der Waals surface area contributed by atoms with Crippen LogP contribution in [0.15, 0.2) is 18.2 Å². The molecular weight excluding hydrogens is 241 g/mol. The molecule has 0 spiro atoms. The molecule has 3 rings (SSSR count). The molecule has 0 amide bonds. The standard InChI is InChI=1S/C16H22FNO/c1-3-18-16(15-11-5-4-6-12(11)15)13-9-10(17)7-8-14(13)19-2/h7-9,11-12,15-16,18H,3-6H2,1-2H3. The predicted octanol–water partition coefficient (Wildman–Crippen LogP) is 3.53. The zero-order chi connectivity index (χ0) is 13.4. The van der Waals surface area contributed by atoms with E-state index in [2.05, 4.69) is 12.2 Å². The molecule has 19 heavy (non-hydrogen) atoms. The molecule has 104 valence electrons. The summed E-state index contributed by atoms with van der Waals surface area (Å²) in [6.45, 7) is 3.01. The summed E-state index contributed by atoms with van der Waals surface area (Å²) in [5.41, 5.74) is 0.990. The minimum Gasteiger partial charge on any atom is -0.496 e. The topological polar surface area (TPSA) is 21.3 Å². The van der Waals surface area contributed by atoms with Gasteiger partial charge in [0, 0.05) is 11.6 Å². The van der Waals surface area contributed by atoms with Gasteiger partial charge < -0.3 is 10.1 Å². The van der Waals surface area contributed by atoms with E-state index in [4.69, 9.17) is 4.74 Å². The van der Waals surface area contributed by atoms with E-state index in [1.54, 1.807) is 19.2 Å². The van der Waals surface area contributed by atoms with Crippen molar-refractivity contribution in [1.82, 2.24) is 5.32 Å². The molecule has 2 nitrogen and oxygen atoms in total. The molecule has 0 aliphatic heterocycles. The van der Waals surface area contributed by atoms with Crippen LogP contribution in [0.1, 0.15) is 37.8 Å². The molecule has 0 saturated heterocycles. The van der Waals surface area contributed by atoms with E-state index in [0.717, 1.165) is 29.7 Å². The molecule has 3 atom stereocenters. The summed E-state index contributed by atoms with van der Waals surface area (Å²) in [5.74, 6) is 2.99. The highest BCUT2D eigenvalue weighted by molar-refractivity contribution is 5.38. The van der Waals surface area contributed by atoms with Crippen molar-refractivity contribution in [3.63, 3.8) is 0 Å². The Morgan fingerprint density at radius 2 is 2.11 bits per heavy atom. The Kier molecular flexibility index (Phi) is 3.48. The largest absolute Gasteiger partial charge is 0.496 e. The van der Waals surface area contributed by atoms with Gasteiger partial charge in [0.2, 0.25) is 0 Å². The van der Waals surface area contributed by atoms with Crippen LogP contribution < -0.4 is 10.1 Å². The third kappa shape index (κ3) is 2.25. The van der Waals surface area contributed by atoms with Crippen LogP contribution in [0.25, 0.3) is 0 Å². The maximum Gasteiger partial charge on any atom is 0.123 e. The number of ether oxygens (including phenoxy) is 1. The fourth-order valence-electron chi connectivity index (χ4n) is 3.99. The van der Waals surface area contributed by atoms with Gasteiger partial charge in [0.15, 0.2) is 0 Å². The fourth-order valence-corrected chi connectivity index (χ4v) is 3.99. The average molecular weight is 263 g/mol. The summed E-state index contributed by atoms with van der Waals surface area (Å²) in [6.07, 6.45) is 4.05. The molecule has 2 saturated carbocycles. The van der Waals surface area contributed by atoms with Crippen molar-refractivity contribution in [1.29, 1.82) is 0 Å². The Bertz CT molecular complexity index is 452. The zero-order valence-corrected chi connectivity index (χ0v) is 11.7. The summed E-state index contributed by atoms with van der Waals surface area (Å²) in [4.78, 5) is 0. The van der Waals surface area contributed by atoms with Crippen molar-refractivity contribution < 1.29 is 9.13 Å². The quantitative estimate of drug-likeness (QED) is 0.877. The fraction of sp³-hybridized carbons (Fsp3) is 0.625. The molecule has 0 radical (unpaired) electrons. The third-order valence-electron chi connectivity index (χ3n) is 4.81. The van der Waals surface area contributed by atoms with Gasteiger partial charge in [-0.3, -0.25) is 0 Å². The summed E-state index contributed by atoms with van der Waals surface area (Å²) in [7, 11) is 1.66. The highest BCUT2D eigenvalue weighted by Gasteiger charge is 2.56. The van der Waals surface area contributed by atoms with Crippen molar-refractivity contribution in [3.05, 3.63) is 29.6 Å². The lowest BCUT2D eigenvalue weighted by Gasteiger charge is -2.22. The molecule has 2 aliphatic rings. The van der Waals surface area contributed by atoms with E-state index < -0.39 is 0 Å². The first-order chi connectivity index (χ1) is 9.26. The van der Waals surface area contributed by atoms with Crippen LogP contribution in [-0.4, -0.2) is 13.7 Å². The Balaban J connectivity index is 1.89. The van der Waals surface area contributed by atoms with Crippen LogP contribution in [0.4, 0.5) is 4.39 Å². The van der Waals surface area contributed by atoms with Gasteiger partial charge in [-0.15, -0.1) is 0 Å². The smallest absolute Gasteiger partial charge is 0.123 e. The van der Waals surface area contributed by atoms with Gasteiger partial charge in [0.1, 0.15) is 11.6 Å². The first-order valence-electron chi connectivity index (χ1n) is 7.33. The number of halogens is 1. The summed E-state index contributed by atoms with van der Waals surface area (Å²) in [6, 6.07) is 5.10. The molecule has 0 aromatic heterocycles. The van der Waals surface area contributed by atoms with Crippen molar-refractivity contribution in [2.75, 3.05) is 13.7 Å². The SMILES string of the molecule is CCNC(c1cc(F)ccc1OC)C1C2CCCC21. The number of rotatable bonds is 5. The first kappa shape index (κ1) is 12.9. The van der Waals surface area contributed by atoms with Gasteiger partial charge in [-0.1, -0.05) is 13.3 Å². The summed E-state index contributed by atoms with van der Waals surface area (Å²) in [5, 5.41) is 3.54. The molecule has 2 fully saturated rings. The highest BCUT2D eigenvalue weighted by atomic mass is 19.1. The number of hydrogen-bond donors (Lipinski definition) is 1. The van der Waals surface area contributed by atoms with E-state index in [1.807, 2.05) is 0 Å². The van der Waals surface area contributed by atoms with E-state index in [1.165, 1.54) is 25.3 Å². The van der Waals surface area contributed by atoms with E-state index in [9.17, 15) is 4.39 Å². The molecule has 3 heteroatoms. The molecule has 1 aromatic rings. The number of hydrogen-bond acceptors (Lipinski definition) is 2. The summed E-state index contributed by atoms with van der Waals surface area (Å²) >= 11 is 0.